The van der Waals surface area contributed by atoms with E-state index in [4.69, 9.17) is 11.6 Å². The molecule has 98 valence electrons. The van der Waals surface area contributed by atoms with Crippen LogP contribution in [0, 0.1) is 3.57 Å². The Morgan fingerprint density at radius 3 is 2.78 bits per heavy atom. The molecule has 0 aromatic heterocycles. The molecule has 0 fully saturated rings. The second-order valence-corrected chi connectivity index (χ2v) is 5.13. The molecule has 0 saturated carbocycles. The van der Waals surface area contributed by atoms with Crippen LogP contribution in [0.4, 0.5) is 0 Å². The van der Waals surface area contributed by atoms with Crippen LogP contribution in [0.2, 0.25) is 5.02 Å². The SMILES string of the molecule is COC(=O)CCCNC(=O)c1ccc(Cl)c(I)c1. The molecule has 18 heavy (non-hydrogen) atoms. The summed E-state index contributed by atoms with van der Waals surface area (Å²) in [7, 11) is 1.34. The van der Waals surface area contributed by atoms with Gasteiger partial charge in [0.1, 0.15) is 0 Å². The molecule has 1 aromatic rings. The lowest BCUT2D eigenvalue weighted by Crippen LogP contribution is -2.25. The Morgan fingerprint density at radius 2 is 2.17 bits per heavy atom. The highest BCUT2D eigenvalue weighted by Crippen LogP contribution is 2.19. The predicted octanol–water partition coefficient (Wildman–Crippen LogP) is 2.63. The first-order valence-corrected chi connectivity index (χ1v) is 6.80. The second-order valence-electron chi connectivity index (χ2n) is 3.56. The van der Waals surface area contributed by atoms with Crippen LogP contribution in [-0.4, -0.2) is 25.5 Å². The number of halogens is 2. The van der Waals surface area contributed by atoms with Gasteiger partial charge in [-0.3, -0.25) is 9.59 Å². The number of hydrogen-bond acceptors (Lipinski definition) is 3. The summed E-state index contributed by atoms with van der Waals surface area (Å²) in [6.07, 6.45) is 0.859. The fourth-order valence-corrected chi connectivity index (χ4v) is 1.91. The van der Waals surface area contributed by atoms with E-state index in [1.807, 2.05) is 0 Å². The molecule has 4 nitrogen and oxygen atoms in total. The zero-order valence-corrected chi connectivity index (χ0v) is 12.7. The molecule has 0 heterocycles. The van der Waals surface area contributed by atoms with Crippen LogP contribution in [-0.2, 0) is 9.53 Å². The van der Waals surface area contributed by atoms with Gasteiger partial charge in [0.15, 0.2) is 0 Å². The predicted molar refractivity (Wildman–Crippen MR) is 77.8 cm³/mol. The molecular formula is C12H13ClINO3. The Balaban J connectivity index is 2.41. The molecule has 1 N–H and O–H groups in total. The molecule has 1 aromatic carbocycles. The number of benzene rings is 1. The molecule has 0 saturated heterocycles. The van der Waals surface area contributed by atoms with Crippen molar-refractivity contribution in [2.75, 3.05) is 13.7 Å². The van der Waals surface area contributed by atoms with Crippen LogP contribution in [0.15, 0.2) is 18.2 Å². The highest BCUT2D eigenvalue weighted by molar-refractivity contribution is 14.1. The van der Waals surface area contributed by atoms with Gasteiger partial charge in [-0.1, -0.05) is 11.6 Å². The third-order valence-corrected chi connectivity index (χ3v) is 3.79. The van der Waals surface area contributed by atoms with E-state index in [9.17, 15) is 9.59 Å². The van der Waals surface area contributed by atoms with Crippen molar-refractivity contribution < 1.29 is 14.3 Å². The van der Waals surface area contributed by atoms with Crippen LogP contribution in [0.5, 0.6) is 0 Å². The summed E-state index contributed by atoms with van der Waals surface area (Å²) in [5, 5.41) is 3.35. The van der Waals surface area contributed by atoms with Gasteiger partial charge >= 0.3 is 5.97 Å². The van der Waals surface area contributed by atoms with Gasteiger partial charge in [-0.25, -0.2) is 0 Å². The number of carbonyl (C=O) groups excluding carboxylic acids is 2. The van der Waals surface area contributed by atoms with Crippen LogP contribution in [0.3, 0.4) is 0 Å². The fraction of sp³-hybridized carbons (Fsp3) is 0.333. The van der Waals surface area contributed by atoms with Gasteiger partial charge in [-0.05, 0) is 47.2 Å². The van der Waals surface area contributed by atoms with Crippen molar-refractivity contribution in [3.05, 3.63) is 32.4 Å². The minimum Gasteiger partial charge on any atom is -0.469 e. The molecule has 0 spiro atoms. The van der Waals surface area contributed by atoms with Crippen molar-refractivity contribution in [1.82, 2.24) is 5.32 Å². The molecule has 0 aliphatic heterocycles. The normalized spacial score (nSPS) is 9.94. The third kappa shape index (κ3) is 4.81. The Morgan fingerprint density at radius 1 is 1.44 bits per heavy atom. The van der Waals surface area contributed by atoms with Gasteiger partial charge in [0, 0.05) is 22.1 Å². The van der Waals surface area contributed by atoms with Crippen molar-refractivity contribution in [2.45, 2.75) is 12.8 Å². The second kappa shape index (κ2) is 7.58. The average Bonchev–Trinajstić information content (AvgIpc) is 2.37. The van der Waals surface area contributed by atoms with Crippen molar-refractivity contribution in [1.29, 1.82) is 0 Å². The minimum atomic E-state index is -0.273. The molecular weight excluding hydrogens is 368 g/mol. The molecule has 6 heteroatoms. The van der Waals surface area contributed by atoms with Crippen LogP contribution in [0.1, 0.15) is 23.2 Å². The summed E-state index contributed by atoms with van der Waals surface area (Å²) in [4.78, 5) is 22.6. The zero-order chi connectivity index (χ0) is 13.5. The summed E-state index contributed by atoms with van der Waals surface area (Å²) in [6, 6.07) is 5.07. The minimum absolute atomic E-state index is 0.172. The van der Waals surface area contributed by atoms with E-state index in [1.165, 1.54) is 7.11 Å². The number of nitrogens with one attached hydrogen (secondary N) is 1. The van der Waals surface area contributed by atoms with Gasteiger partial charge in [-0.15, -0.1) is 0 Å². The summed E-state index contributed by atoms with van der Waals surface area (Å²) in [5.74, 6) is -0.445. The van der Waals surface area contributed by atoms with Crippen LogP contribution < -0.4 is 5.32 Å². The third-order valence-electron chi connectivity index (χ3n) is 2.25. The summed E-state index contributed by atoms with van der Waals surface area (Å²) in [6.45, 7) is 0.438. The molecule has 0 bridgehead atoms. The Bertz CT molecular complexity index is 451. The zero-order valence-electron chi connectivity index (χ0n) is 9.83. The Labute approximate surface area is 124 Å². The number of esters is 1. The molecule has 0 unspecified atom stereocenters. The highest BCUT2D eigenvalue weighted by atomic mass is 127. The van der Waals surface area contributed by atoms with E-state index >= 15 is 0 Å². The average molecular weight is 382 g/mol. The number of ether oxygens (including phenoxy) is 1. The maximum absolute atomic E-state index is 11.7. The molecule has 0 aliphatic rings. The fourth-order valence-electron chi connectivity index (χ4n) is 1.28. The first-order valence-electron chi connectivity index (χ1n) is 5.34. The van der Waals surface area contributed by atoms with E-state index in [0.717, 1.165) is 3.57 Å². The van der Waals surface area contributed by atoms with Crippen LogP contribution >= 0.6 is 34.2 Å². The van der Waals surface area contributed by atoms with E-state index < -0.39 is 0 Å². The smallest absolute Gasteiger partial charge is 0.305 e. The topological polar surface area (TPSA) is 55.4 Å². The van der Waals surface area contributed by atoms with E-state index in [1.54, 1.807) is 18.2 Å². The standard InChI is InChI=1S/C12H13ClINO3/c1-18-11(16)3-2-6-15-12(17)8-4-5-9(13)10(14)7-8/h4-5,7H,2-3,6H2,1H3,(H,15,17). The number of rotatable bonds is 5. The van der Waals surface area contributed by atoms with Crippen molar-refractivity contribution >= 4 is 46.1 Å². The number of methoxy groups -OCH3 is 1. The van der Waals surface area contributed by atoms with Gasteiger partial charge in [0.05, 0.1) is 12.1 Å². The van der Waals surface area contributed by atoms with Crippen molar-refractivity contribution in [3.63, 3.8) is 0 Å². The van der Waals surface area contributed by atoms with Crippen molar-refractivity contribution in [2.24, 2.45) is 0 Å². The molecule has 1 rings (SSSR count). The van der Waals surface area contributed by atoms with Gasteiger partial charge in [0.25, 0.3) is 5.91 Å². The van der Waals surface area contributed by atoms with E-state index in [0.29, 0.717) is 30.0 Å². The molecule has 0 radical (unpaired) electrons. The van der Waals surface area contributed by atoms with Gasteiger partial charge in [0.2, 0.25) is 0 Å². The van der Waals surface area contributed by atoms with Crippen molar-refractivity contribution in [3.8, 4) is 0 Å². The number of hydrogen-bond donors (Lipinski definition) is 1. The maximum atomic E-state index is 11.7. The first-order chi connectivity index (χ1) is 8.54. The van der Waals surface area contributed by atoms with Crippen LogP contribution in [0.25, 0.3) is 0 Å². The molecule has 0 aliphatic carbocycles. The first kappa shape index (κ1) is 15.2. The Kier molecular flexibility index (Phi) is 6.42. The lowest BCUT2D eigenvalue weighted by atomic mass is 10.2. The monoisotopic (exact) mass is 381 g/mol. The molecule has 0 atom stereocenters. The quantitative estimate of drug-likeness (QED) is 0.485. The Hall–Kier alpha value is -0.820. The van der Waals surface area contributed by atoms with Gasteiger partial charge < -0.3 is 10.1 Å². The lowest BCUT2D eigenvalue weighted by molar-refractivity contribution is -0.140. The lowest BCUT2D eigenvalue weighted by Gasteiger charge is -2.05. The summed E-state index contributed by atoms with van der Waals surface area (Å²) >= 11 is 7.94. The van der Waals surface area contributed by atoms with E-state index in [2.05, 4.69) is 32.6 Å². The summed E-state index contributed by atoms with van der Waals surface area (Å²) in [5.41, 5.74) is 0.557. The number of amides is 1. The maximum Gasteiger partial charge on any atom is 0.305 e. The molecule has 1 amide bonds. The van der Waals surface area contributed by atoms with E-state index in [-0.39, 0.29) is 11.9 Å². The summed E-state index contributed by atoms with van der Waals surface area (Å²) < 4.78 is 5.33. The largest absolute Gasteiger partial charge is 0.469 e. The highest BCUT2D eigenvalue weighted by Gasteiger charge is 2.07. The van der Waals surface area contributed by atoms with Gasteiger partial charge in [-0.2, -0.15) is 0 Å². The number of carbonyl (C=O) groups is 2.